The normalized spacial score (nSPS) is 15.6. The molecule has 102 heteroatoms. The van der Waals surface area contributed by atoms with Crippen LogP contribution in [0.2, 0.25) is 0 Å². The summed E-state index contributed by atoms with van der Waals surface area (Å²) >= 11 is 0. The van der Waals surface area contributed by atoms with Gasteiger partial charge in [-0.15, -0.1) is 0 Å². The molecule has 102 nitrogen and oxygen atoms in total. The van der Waals surface area contributed by atoms with Gasteiger partial charge in [0.2, 0.25) is 6.19 Å². The third-order valence-electron chi connectivity index (χ3n) is 4.02. The van der Waals surface area contributed by atoms with E-state index in [9.17, 15) is 0 Å². The van der Waals surface area contributed by atoms with E-state index >= 15 is 0 Å². The van der Waals surface area contributed by atoms with Crippen LogP contribution in [0.3, 0.4) is 0 Å². The Morgan fingerprint density at radius 2 is 0.155 bits per heavy atom. The molecule has 0 aromatic heterocycles. The molecule has 0 amide bonds. The summed E-state index contributed by atoms with van der Waals surface area (Å²) in [5.41, 5.74) is 0. The van der Waals surface area contributed by atoms with E-state index in [1.165, 1.54) is 6.19 Å². The average molecular weight is 1440 g/mol. The van der Waals surface area contributed by atoms with Gasteiger partial charge < -0.3 is 5.84 Å². The van der Waals surface area contributed by atoms with E-state index in [0.29, 0.717) is 0 Å². The predicted molar refractivity (Wildman–Crippen MR) is 253 cm³/mol. The van der Waals surface area contributed by atoms with Crippen molar-refractivity contribution in [3.63, 3.8) is 0 Å². The molecule has 0 aliphatic heterocycles. The zero-order valence-electron chi connectivity index (χ0n) is 46.2. The number of nitrogens with two attached hydrogens (primary N) is 1. The molecular weight excluding hydrogens is 1440 g/mol. The molecule has 0 heterocycles. The van der Waals surface area contributed by atoms with Crippen molar-refractivity contribution in [3.8, 4) is 6.19 Å². The highest BCUT2D eigenvalue weighted by Crippen LogP contribution is 1.98. The maximum atomic E-state index is 8.03. The third-order valence-corrected chi connectivity index (χ3v) is 4.02. The zero-order valence-corrected chi connectivity index (χ0v) is 46.2. The Hall–Kier alpha value is -20.7. The lowest BCUT2D eigenvalue weighted by Crippen LogP contribution is -1.70. The van der Waals surface area contributed by atoms with Crippen LogP contribution in [0.4, 0.5) is 0 Å². The Balaban J connectivity index is 4.12. The number of hydrogen-bond donors (Lipinski definition) is 1. The van der Waals surface area contributed by atoms with Gasteiger partial charge in [0.05, 0.1) is 0 Å². The summed E-state index contributed by atoms with van der Waals surface area (Å²) in [5, 5.41) is 307. The van der Waals surface area contributed by atoms with E-state index in [4.69, 9.17) is 5.26 Å². The van der Waals surface area contributed by atoms with E-state index in [2.05, 4.69) is 528 Å². The monoisotopic (exact) mass is 1440 g/mol. The summed E-state index contributed by atoms with van der Waals surface area (Å²) < 4.78 is 0. The van der Waals surface area contributed by atoms with Crippen LogP contribution in [0.15, 0.2) is 522 Å². The summed E-state index contributed by atoms with van der Waals surface area (Å²) in [6, 6.07) is 0. The van der Waals surface area contributed by atoms with Gasteiger partial charge in [0.25, 0.3) is 0 Å². The first-order chi connectivity index (χ1) is 51.4. The van der Waals surface area contributed by atoms with Gasteiger partial charge in [-0.2, -0.15) is 5.26 Å². The second-order valence-electron chi connectivity index (χ2n) is 9.08. The minimum absolute atomic E-state index is 1.31. The molecule has 0 atom stereocenters. The fourth-order valence-corrected chi connectivity index (χ4v) is 1.78. The van der Waals surface area contributed by atoms with Crippen LogP contribution >= 0.6 is 0 Å². The number of hydrogen-bond acceptors (Lipinski definition) is 3. The van der Waals surface area contributed by atoms with Crippen molar-refractivity contribution >= 4 is 0 Å². The van der Waals surface area contributed by atoms with Crippen LogP contribution in [-0.2, 0) is 0 Å². The van der Waals surface area contributed by atoms with Gasteiger partial charge in [-0.25, -0.2) is 0 Å². The van der Waals surface area contributed by atoms with Crippen LogP contribution in [0.5, 0.6) is 0 Å². The lowest BCUT2D eigenvalue weighted by Gasteiger charge is -1.71. The highest BCUT2D eigenvalue weighted by molar-refractivity contribution is 4.56. The van der Waals surface area contributed by atoms with E-state index in [-0.39, 0.29) is 0 Å². The molecule has 0 rings (SSSR count). The van der Waals surface area contributed by atoms with Crippen molar-refractivity contribution in [2.24, 2.45) is 528 Å². The molecule has 0 aromatic carbocycles. The molecule has 0 aliphatic rings. The first-order valence-electron chi connectivity index (χ1n) is 20.5. The first-order valence-corrected chi connectivity index (χ1v) is 20.5. The summed E-state index contributed by atoms with van der Waals surface area (Å²) in [6.45, 7) is 0. The lowest BCUT2D eigenvalue weighted by atomic mass is 11.5. The van der Waals surface area contributed by atoms with Crippen molar-refractivity contribution in [2.75, 3.05) is 0 Å². The maximum absolute atomic E-state index is 8.03. The first kappa shape index (κ1) is 82.3. The van der Waals surface area contributed by atoms with Gasteiger partial charge >= 0.3 is 0 Å². The van der Waals surface area contributed by atoms with Crippen molar-refractivity contribution in [1.29, 1.82) is 5.26 Å². The van der Waals surface area contributed by atoms with E-state index in [0.717, 1.165) is 0 Å². The minimum Gasteiger partial charge on any atom is -0.303 e. The Kier molecular flexibility index (Phi) is 64.9. The van der Waals surface area contributed by atoms with Crippen LogP contribution in [0.25, 0.3) is 0 Å². The SMILES string of the molecule is N#CN=N/N=N/N=N/N=N/N=N/N=N/N=N/N=N/N=N/N=N/N=N/N=N/N=N/N=N/N=N/N=N/N=N/N=N/N=N/N=N/N=N/N=N/N=N/N=N/N=N/N=N/N=N/N=N/N=N/N=N/N=N/N=N/N=N/N=N/N=N/N=N/N=N/N=N/N=N/N=N/N=N/N=N/N=N/N=N/N=N/N=N/N=N/N=N/N=N/N=N/N. The lowest BCUT2D eigenvalue weighted by molar-refractivity contribution is 0.723. The molecule has 0 saturated carbocycles. The van der Waals surface area contributed by atoms with Gasteiger partial charge in [-0.3, -0.25) is 0 Å². The van der Waals surface area contributed by atoms with Crippen LogP contribution in [0.1, 0.15) is 0 Å². The largest absolute Gasteiger partial charge is 0.303 e. The Labute approximate surface area is 539 Å². The zero-order chi connectivity index (χ0) is 73.4. The fraction of sp³-hybridized carbons (Fsp3) is 0. The van der Waals surface area contributed by atoms with Gasteiger partial charge in [-0.05, 0) is 83.5 Å². The van der Waals surface area contributed by atoms with E-state index in [1.54, 1.807) is 0 Å². The van der Waals surface area contributed by atoms with Crippen molar-refractivity contribution < 1.29 is 0 Å². The van der Waals surface area contributed by atoms with Crippen molar-refractivity contribution in [3.05, 3.63) is 0 Å². The Bertz CT molecular complexity index is 3890. The number of nitrogens with zero attached hydrogens (tertiary/aromatic N) is 101. The molecule has 0 radical (unpaired) electrons. The van der Waals surface area contributed by atoms with Gasteiger partial charge in [0, 0.05) is 434 Å². The topological polar surface area (TPSA) is 1290 Å². The number of rotatable bonds is 49. The average Bonchev–Trinajstić information content (AvgIpc) is 3.71. The van der Waals surface area contributed by atoms with Crippen LogP contribution in [-0.4, -0.2) is 0 Å². The number of nitriles is 1. The molecule has 0 spiro atoms. The maximum Gasteiger partial charge on any atom is 0.227 e. The summed E-state index contributed by atoms with van der Waals surface area (Å²) in [4.78, 5) is 0. The fourth-order valence-electron chi connectivity index (χ4n) is 1.78. The molecule has 0 saturated heterocycles. The molecule has 2 N–H and O–H groups in total. The predicted octanol–water partition coefficient (Wildman–Crippen LogP) is 17.8. The Morgan fingerprint density at radius 3 is 0.214 bits per heavy atom. The quantitative estimate of drug-likeness (QED) is 0.0269. The molecule has 516 valence electrons. The van der Waals surface area contributed by atoms with Crippen molar-refractivity contribution in [1.82, 2.24) is 0 Å². The summed E-state index contributed by atoms with van der Waals surface area (Å²) in [5.74, 6) is 4.64. The minimum atomic E-state index is 1.31. The summed E-state index contributed by atoms with van der Waals surface area (Å²) in [7, 11) is 0. The second kappa shape index (κ2) is 81.3. The van der Waals surface area contributed by atoms with Crippen LogP contribution in [0, 0.1) is 11.5 Å². The summed E-state index contributed by atoms with van der Waals surface area (Å²) in [6.07, 6.45) is 1.31. The molecule has 0 fully saturated rings. The molecule has 0 bridgehead atoms. The van der Waals surface area contributed by atoms with Gasteiger partial charge in [0.15, 0.2) is 0 Å². The molecule has 0 aliphatic carbocycles. The standard InChI is InChI=1S/CH2N102/c2-1-4-6-8-10-12-14-16-18-20-22-24-26-28-30-32-34-36-38-40-42-44-46-48-50-52-54-56-58-60-62-64-66-68-70-72-74-76-78-80-82-84-86-88-90-92-94-96-98-100-102-103-101-99-97-95-93-91-89-87-85-83-81-79-77-75-73-71-69-67-65-63-61-59-57-55-53-51-49-47-45-43-41-39-37-35-33-31-29-27-25-23-21-19-17-15-13-11-9-7-5-3/h(H2,3,4,7,8,11,12,15,16,19,20,23,24,27,28,31,32,35,36,39,40,43,44,47,48,51,52,55,56,59,60,63,64,67,68,71,72,75,76,79,80,83,84,87,88,91,92,95,96,99,100,103). The molecule has 0 unspecified atom stereocenters. The van der Waals surface area contributed by atoms with Crippen LogP contribution < -0.4 is 5.84 Å². The van der Waals surface area contributed by atoms with E-state index < -0.39 is 0 Å². The second-order valence-corrected chi connectivity index (χ2v) is 9.08. The van der Waals surface area contributed by atoms with E-state index in [1.807, 2.05) is 0 Å². The smallest absolute Gasteiger partial charge is 0.227 e. The van der Waals surface area contributed by atoms with Gasteiger partial charge in [-0.1, -0.05) is 5.22 Å². The Morgan fingerprint density at radius 1 is 0.0971 bits per heavy atom. The van der Waals surface area contributed by atoms with Crippen molar-refractivity contribution in [2.45, 2.75) is 0 Å². The third kappa shape index (κ3) is 81.3. The highest BCUT2D eigenvalue weighted by Gasteiger charge is 1.80. The van der Waals surface area contributed by atoms with Gasteiger partial charge in [0.1, 0.15) is 0 Å². The molecule has 103 heavy (non-hydrogen) atoms. The highest BCUT2D eigenvalue weighted by atomic mass is 15.8. The molecular formula is CH2N102. The molecule has 0 aromatic rings.